The Kier molecular flexibility index (Phi) is 7.46. The fourth-order valence-electron chi connectivity index (χ4n) is 0.944. The molecule has 0 radical (unpaired) electrons. The van der Waals surface area contributed by atoms with Crippen molar-refractivity contribution in [1.82, 2.24) is 5.43 Å². The molecule has 3 nitrogen and oxygen atoms in total. The van der Waals surface area contributed by atoms with E-state index in [-0.39, 0.29) is 0 Å². The van der Waals surface area contributed by atoms with Crippen molar-refractivity contribution in [3.63, 3.8) is 0 Å². The Morgan fingerprint density at radius 3 is 2.91 bits per heavy atom. The fourth-order valence-corrected chi connectivity index (χ4v) is 0.944. The minimum absolute atomic E-state index is 0.350. The first kappa shape index (κ1) is 10.6. The first-order valence-corrected chi connectivity index (χ1v) is 3.91. The second kappa shape index (κ2) is 7.72. The molecule has 0 rings (SSSR count). The van der Waals surface area contributed by atoms with Crippen LogP contribution in [0.4, 0.5) is 0 Å². The van der Waals surface area contributed by atoms with E-state index in [9.17, 15) is 0 Å². The molecule has 0 spiro atoms. The molecule has 0 aliphatic rings. The number of methoxy groups -OCH3 is 1. The molecule has 3 N–H and O–H groups in total. The quantitative estimate of drug-likeness (QED) is 0.249. The summed E-state index contributed by atoms with van der Waals surface area (Å²) in [4.78, 5) is 0. The van der Waals surface area contributed by atoms with Crippen molar-refractivity contribution < 1.29 is 4.74 Å². The topological polar surface area (TPSA) is 47.3 Å². The molecule has 11 heavy (non-hydrogen) atoms. The molecule has 0 amide bonds. The van der Waals surface area contributed by atoms with Gasteiger partial charge in [-0.05, 0) is 19.3 Å². The molecule has 0 aromatic rings. The molecule has 0 aliphatic heterocycles. The zero-order valence-electron chi connectivity index (χ0n) is 7.18. The summed E-state index contributed by atoms with van der Waals surface area (Å²) in [6.45, 7) is 4.45. The van der Waals surface area contributed by atoms with Gasteiger partial charge >= 0.3 is 0 Å². The Morgan fingerprint density at radius 2 is 2.45 bits per heavy atom. The summed E-state index contributed by atoms with van der Waals surface area (Å²) in [6, 6.07) is 0.350. The summed E-state index contributed by atoms with van der Waals surface area (Å²) in [7, 11) is 1.71. The van der Waals surface area contributed by atoms with E-state index in [4.69, 9.17) is 10.6 Å². The summed E-state index contributed by atoms with van der Waals surface area (Å²) in [5, 5.41) is 0. The van der Waals surface area contributed by atoms with Crippen LogP contribution >= 0.6 is 0 Å². The van der Waals surface area contributed by atoms with E-state index in [0.717, 1.165) is 25.9 Å². The van der Waals surface area contributed by atoms with Gasteiger partial charge in [0.1, 0.15) is 0 Å². The highest BCUT2D eigenvalue weighted by Crippen LogP contribution is 2.00. The van der Waals surface area contributed by atoms with Gasteiger partial charge in [-0.2, -0.15) is 0 Å². The van der Waals surface area contributed by atoms with Gasteiger partial charge < -0.3 is 4.74 Å². The molecule has 0 saturated carbocycles. The van der Waals surface area contributed by atoms with Crippen molar-refractivity contribution in [3.05, 3.63) is 12.7 Å². The number of hydrogen-bond donors (Lipinski definition) is 2. The Hall–Kier alpha value is -0.380. The maximum absolute atomic E-state index is 5.30. The van der Waals surface area contributed by atoms with Gasteiger partial charge in [0.05, 0.1) is 0 Å². The van der Waals surface area contributed by atoms with Crippen molar-refractivity contribution in [2.45, 2.75) is 25.3 Å². The van der Waals surface area contributed by atoms with E-state index < -0.39 is 0 Å². The van der Waals surface area contributed by atoms with Crippen LogP contribution < -0.4 is 11.3 Å². The maximum atomic E-state index is 5.30. The lowest BCUT2D eigenvalue weighted by Crippen LogP contribution is -2.34. The van der Waals surface area contributed by atoms with Gasteiger partial charge in [0.25, 0.3) is 0 Å². The van der Waals surface area contributed by atoms with Crippen LogP contribution in [0.3, 0.4) is 0 Å². The molecular formula is C8H18N2O. The van der Waals surface area contributed by atoms with E-state index in [0.29, 0.717) is 6.04 Å². The molecule has 0 aliphatic carbocycles. The van der Waals surface area contributed by atoms with E-state index in [1.54, 1.807) is 7.11 Å². The summed E-state index contributed by atoms with van der Waals surface area (Å²) in [5.41, 5.74) is 2.74. The van der Waals surface area contributed by atoms with Crippen molar-refractivity contribution in [1.29, 1.82) is 0 Å². The summed E-state index contributed by atoms with van der Waals surface area (Å²) in [5.74, 6) is 5.30. The minimum atomic E-state index is 0.350. The van der Waals surface area contributed by atoms with Crippen LogP contribution in [0.5, 0.6) is 0 Å². The molecule has 1 atom stereocenters. The normalized spacial score (nSPS) is 12.9. The predicted octanol–water partition coefficient (Wildman–Crippen LogP) is 0.821. The van der Waals surface area contributed by atoms with Gasteiger partial charge in [0, 0.05) is 19.8 Å². The van der Waals surface area contributed by atoms with E-state index in [1.807, 2.05) is 6.08 Å². The van der Waals surface area contributed by atoms with Gasteiger partial charge in [-0.1, -0.05) is 6.08 Å². The third-order valence-corrected chi connectivity index (χ3v) is 1.59. The highest BCUT2D eigenvalue weighted by Gasteiger charge is 2.02. The molecule has 0 saturated heterocycles. The Bertz CT molecular complexity index is 96.1. The zero-order chi connectivity index (χ0) is 8.53. The Morgan fingerprint density at radius 1 is 1.73 bits per heavy atom. The van der Waals surface area contributed by atoms with Crippen molar-refractivity contribution in [3.8, 4) is 0 Å². The number of rotatable bonds is 7. The molecular weight excluding hydrogens is 140 g/mol. The van der Waals surface area contributed by atoms with Crippen molar-refractivity contribution in [2.24, 2.45) is 5.84 Å². The van der Waals surface area contributed by atoms with Gasteiger partial charge in [0.15, 0.2) is 0 Å². The second-order valence-electron chi connectivity index (χ2n) is 2.52. The summed E-state index contributed by atoms with van der Waals surface area (Å²) < 4.78 is 4.92. The first-order chi connectivity index (χ1) is 5.35. The molecule has 3 heteroatoms. The lowest BCUT2D eigenvalue weighted by molar-refractivity contribution is 0.189. The van der Waals surface area contributed by atoms with Crippen LogP contribution in [0.15, 0.2) is 12.7 Å². The van der Waals surface area contributed by atoms with Gasteiger partial charge in [-0.25, -0.2) is 0 Å². The molecule has 1 unspecified atom stereocenters. The fraction of sp³-hybridized carbons (Fsp3) is 0.750. The third-order valence-electron chi connectivity index (χ3n) is 1.59. The van der Waals surface area contributed by atoms with Crippen LogP contribution in [-0.2, 0) is 4.74 Å². The molecule has 0 aromatic heterocycles. The standard InChI is InChI=1S/C8H18N2O/c1-3-5-8(10-9)6-4-7-11-2/h3,8,10H,1,4-7,9H2,2H3. The van der Waals surface area contributed by atoms with E-state index >= 15 is 0 Å². The van der Waals surface area contributed by atoms with Gasteiger partial charge in [-0.3, -0.25) is 11.3 Å². The third kappa shape index (κ3) is 6.04. The molecule has 0 fully saturated rings. The highest BCUT2D eigenvalue weighted by molar-refractivity contribution is 4.76. The maximum Gasteiger partial charge on any atom is 0.0462 e. The zero-order valence-corrected chi connectivity index (χ0v) is 7.18. The number of hydrogen-bond acceptors (Lipinski definition) is 3. The summed E-state index contributed by atoms with van der Waals surface area (Å²) in [6.07, 6.45) is 4.87. The van der Waals surface area contributed by atoms with Crippen LogP contribution in [0, 0.1) is 0 Å². The SMILES string of the molecule is C=CCC(CCCOC)NN. The Balaban J connectivity index is 3.27. The predicted molar refractivity (Wildman–Crippen MR) is 47.0 cm³/mol. The molecule has 66 valence electrons. The van der Waals surface area contributed by atoms with Gasteiger partial charge in [-0.15, -0.1) is 6.58 Å². The molecule has 0 bridgehead atoms. The van der Waals surface area contributed by atoms with Gasteiger partial charge in [0.2, 0.25) is 0 Å². The average Bonchev–Trinajstić information content (AvgIpc) is 2.03. The van der Waals surface area contributed by atoms with E-state index in [2.05, 4.69) is 12.0 Å². The average molecular weight is 158 g/mol. The second-order valence-corrected chi connectivity index (χ2v) is 2.52. The van der Waals surface area contributed by atoms with Crippen LogP contribution in [0.2, 0.25) is 0 Å². The van der Waals surface area contributed by atoms with Crippen LogP contribution in [0.1, 0.15) is 19.3 Å². The number of hydrazine groups is 1. The van der Waals surface area contributed by atoms with Crippen LogP contribution in [-0.4, -0.2) is 19.8 Å². The van der Waals surface area contributed by atoms with Crippen LogP contribution in [0.25, 0.3) is 0 Å². The minimum Gasteiger partial charge on any atom is -0.385 e. The smallest absolute Gasteiger partial charge is 0.0462 e. The van der Waals surface area contributed by atoms with Crippen molar-refractivity contribution >= 4 is 0 Å². The number of nitrogens with two attached hydrogens (primary N) is 1. The highest BCUT2D eigenvalue weighted by atomic mass is 16.5. The number of ether oxygens (including phenoxy) is 1. The number of nitrogens with one attached hydrogen (secondary N) is 1. The monoisotopic (exact) mass is 158 g/mol. The largest absolute Gasteiger partial charge is 0.385 e. The molecule has 0 heterocycles. The van der Waals surface area contributed by atoms with Crippen molar-refractivity contribution in [2.75, 3.05) is 13.7 Å². The lowest BCUT2D eigenvalue weighted by Gasteiger charge is -2.12. The first-order valence-electron chi connectivity index (χ1n) is 3.91. The van der Waals surface area contributed by atoms with E-state index in [1.165, 1.54) is 0 Å². The lowest BCUT2D eigenvalue weighted by atomic mass is 10.1. The Labute approximate surface area is 68.6 Å². The molecule has 0 aromatic carbocycles. The summed E-state index contributed by atoms with van der Waals surface area (Å²) >= 11 is 0.